The summed E-state index contributed by atoms with van der Waals surface area (Å²) in [4.78, 5) is 31.5. The molecule has 25 heavy (non-hydrogen) atoms. The van der Waals surface area contributed by atoms with Gasteiger partial charge in [-0.3, -0.25) is 9.59 Å². The highest BCUT2D eigenvalue weighted by molar-refractivity contribution is 8.00. The number of carbonyl (C=O) groups excluding carboxylic acids is 2. The Morgan fingerprint density at radius 1 is 1.28 bits per heavy atom. The highest BCUT2D eigenvalue weighted by Crippen LogP contribution is 2.35. The van der Waals surface area contributed by atoms with Crippen LogP contribution >= 0.6 is 34.7 Å². The zero-order valence-corrected chi connectivity index (χ0v) is 15.2. The number of thioether (sulfide) groups is 1. The number of thiazole rings is 1. The molecule has 0 saturated carbocycles. The molecule has 0 saturated heterocycles. The van der Waals surface area contributed by atoms with Crippen LogP contribution in [0.4, 0.5) is 10.8 Å². The average molecular weight is 390 g/mol. The fourth-order valence-corrected chi connectivity index (χ4v) is 4.68. The molecule has 0 fully saturated rings. The van der Waals surface area contributed by atoms with Crippen LogP contribution in [0.5, 0.6) is 0 Å². The van der Waals surface area contributed by atoms with Gasteiger partial charge in [-0.1, -0.05) is 35.1 Å². The molecular weight excluding hydrogens is 378 g/mol. The Morgan fingerprint density at radius 2 is 2.12 bits per heavy atom. The first kappa shape index (κ1) is 16.4. The minimum absolute atomic E-state index is 0.0346. The number of anilines is 2. The van der Waals surface area contributed by atoms with Crippen molar-refractivity contribution in [3.63, 3.8) is 0 Å². The summed E-state index contributed by atoms with van der Waals surface area (Å²) in [6.45, 7) is -0.0346. The molecule has 3 aromatic rings. The van der Waals surface area contributed by atoms with Gasteiger partial charge < -0.3 is 10.2 Å². The van der Waals surface area contributed by atoms with E-state index in [1.54, 1.807) is 6.07 Å². The number of aromatic nitrogens is 1. The predicted molar refractivity (Wildman–Crippen MR) is 103 cm³/mol. The summed E-state index contributed by atoms with van der Waals surface area (Å²) in [6.07, 6.45) is 0. The molecule has 0 bridgehead atoms. The number of hydrogen-bond donors (Lipinski definition) is 1. The van der Waals surface area contributed by atoms with Crippen molar-refractivity contribution in [1.29, 1.82) is 0 Å². The molecule has 1 aliphatic heterocycles. The van der Waals surface area contributed by atoms with Crippen LogP contribution in [0.1, 0.15) is 0 Å². The van der Waals surface area contributed by atoms with Crippen molar-refractivity contribution in [2.24, 2.45) is 0 Å². The molecule has 8 heteroatoms. The first-order valence-corrected chi connectivity index (χ1v) is 9.66. The molecule has 2 heterocycles. The van der Waals surface area contributed by atoms with Gasteiger partial charge in [0, 0.05) is 9.92 Å². The van der Waals surface area contributed by atoms with Gasteiger partial charge in [0.15, 0.2) is 5.13 Å². The van der Waals surface area contributed by atoms with Gasteiger partial charge in [-0.2, -0.15) is 0 Å². The van der Waals surface area contributed by atoms with Gasteiger partial charge in [0.05, 0.1) is 21.7 Å². The molecule has 5 nitrogen and oxygen atoms in total. The van der Waals surface area contributed by atoms with Gasteiger partial charge in [0.2, 0.25) is 11.8 Å². The number of hydrogen-bond acceptors (Lipinski definition) is 5. The standard InChI is InChI=1S/C17H12ClN3O2S2/c18-10-5-6-11-14(7-10)25-17(19-11)20-15(22)8-21-12-3-1-2-4-13(12)24-9-16(21)23/h1-7H,8-9H2,(H,19,20,22). The maximum absolute atomic E-state index is 12.4. The van der Waals surface area contributed by atoms with E-state index in [4.69, 9.17) is 11.6 Å². The molecular formula is C17H12ClN3O2S2. The Kier molecular flexibility index (Phi) is 4.37. The highest BCUT2D eigenvalue weighted by atomic mass is 35.5. The lowest BCUT2D eigenvalue weighted by Gasteiger charge is -2.28. The number of nitrogens with one attached hydrogen (secondary N) is 1. The lowest BCUT2D eigenvalue weighted by atomic mass is 10.2. The van der Waals surface area contributed by atoms with Gasteiger partial charge in [0.1, 0.15) is 6.54 Å². The van der Waals surface area contributed by atoms with E-state index >= 15 is 0 Å². The summed E-state index contributed by atoms with van der Waals surface area (Å²) >= 11 is 8.82. The first-order chi connectivity index (χ1) is 12.1. The topological polar surface area (TPSA) is 62.3 Å². The second kappa shape index (κ2) is 6.67. The van der Waals surface area contributed by atoms with Crippen LogP contribution in [0.25, 0.3) is 10.2 Å². The first-order valence-electron chi connectivity index (χ1n) is 7.48. The number of para-hydroxylation sites is 1. The molecule has 0 radical (unpaired) electrons. The van der Waals surface area contributed by atoms with E-state index in [9.17, 15) is 9.59 Å². The molecule has 126 valence electrons. The van der Waals surface area contributed by atoms with Crippen LogP contribution in [0.2, 0.25) is 5.02 Å². The van der Waals surface area contributed by atoms with Crippen LogP contribution in [0.15, 0.2) is 47.4 Å². The molecule has 0 spiro atoms. The second-order valence-corrected chi connectivity index (χ2v) is 7.90. The van der Waals surface area contributed by atoms with Crippen molar-refractivity contribution < 1.29 is 9.59 Å². The molecule has 1 aromatic heterocycles. The van der Waals surface area contributed by atoms with E-state index < -0.39 is 0 Å². The second-order valence-electron chi connectivity index (χ2n) is 5.42. The van der Waals surface area contributed by atoms with Crippen LogP contribution < -0.4 is 10.2 Å². The minimum atomic E-state index is -0.278. The maximum atomic E-state index is 12.4. The monoisotopic (exact) mass is 389 g/mol. The molecule has 4 rings (SSSR count). The smallest absolute Gasteiger partial charge is 0.246 e. The summed E-state index contributed by atoms with van der Waals surface area (Å²) < 4.78 is 0.901. The van der Waals surface area contributed by atoms with Crippen molar-refractivity contribution in [2.45, 2.75) is 4.90 Å². The van der Waals surface area contributed by atoms with Crippen LogP contribution in [-0.4, -0.2) is 29.1 Å². The number of nitrogens with zero attached hydrogens (tertiary/aromatic N) is 2. The number of halogens is 1. The predicted octanol–water partition coefficient (Wildman–Crippen LogP) is 4.03. The van der Waals surface area contributed by atoms with Crippen molar-refractivity contribution >= 4 is 67.5 Å². The largest absolute Gasteiger partial charge is 0.301 e. The summed E-state index contributed by atoms with van der Waals surface area (Å²) in [7, 11) is 0. The number of fused-ring (bicyclic) bond motifs is 2. The van der Waals surface area contributed by atoms with E-state index in [0.29, 0.717) is 15.9 Å². The zero-order valence-electron chi connectivity index (χ0n) is 12.9. The molecule has 0 aliphatic carbocycles. The van der Waals surface area contributed by atoms with E-state index in [1.807, 2.05) is 36.4 Å². The molecule has 0 unspecified atom stereocenters. The fourth-order valence-electron chi connectivity index (χ4n) is 2.58. The van der Waals surface area contributed by atoms with Gasteiger partial charge >= 0.3 is 0 Å². The molecule has 0 atom stereocenters. The summed E-state index contributed by atoms with van der Waals surface area (Å²) in [5.74, 6) is -0.0145. The van der Waals surface area contributed by atoms with Crippen LogP contribution in [0.3, 0.4) is 0 Å². The molecule has 2 aromatic carbocycles. The lowest BCUT2D eigenvalue weighted by molar-refractivity contribution is -0.120. The summed E-state index contributed by atoms with van der Waals surface area (Å²) in [5, 5.41) is 3.90. The SMILES string of the molecule is O=C(CN1C(=O)CSc2ccccc21)Nc1nc2ccc(Cl)cc2s1. The quantitative estimate of drug-likeness (QED) is 0.734. The van der Waals surface area contributed by atoms with Gasteiger partial charge in [-0.15, -0.1) is 11.8 Å². The fraction of sp³-hybridized carbons (Fsp3) is 0.118. The minimum Gasteiger partial charge on any atom is -0.301 e. The third-order valence-corrected chi connectivity index (χ3v) is 5.92. The van der Waals surface area contributed by atoms with Gasteiger partial charge in [-0.25, -0.2) is 4.98 Å². The van der Waals surface area contributed by atoms with Gasteiger partial charge in [-0.05, 0) is 30.3 Å². The van der Waals surface area contributed by atoms with E-state index in [2.05, 4.69) is 10.3 Å². The number of carbonyl (C=O) groups is 2. The Bertz CT molecular complexity index is 989. The Labute approximate surface area is 157 Å². The summed E-state index contributed by atoms with van der Waals surface area (Å²) in [6, 6.07) is 13.0. The molecule has 2 amide bonds. The number of amides is 2. The third-order valence-electron chi connectivity index (χ3n) is 3.71. The number of rotatable bonds is 3. The Hall–Kier alpha value is -2.09. The lowest BCUT2D eigenvalue weighted by Crippen LogP contribution is -2.41. The van der Waals surface area contributed by atoms with E-state index in [-0.39, 0.29) is 18.4 Å². The van der Waals surface area contributed by atoms with Crippen LogP contribution in [-0.2, 0) is 9.59 Å². The molecule has 1 aliphatic rings. The third kappa shape index (κ3) is 3.35. The number of benzene rings is 2. The Morgan fingerprint density at radius 3 is 3.00 bits per heavy atom. The maximum Gasteiger partial charge on any atom is 0.246 e. The van der Waals surface area contributed by atoms with E-state index in [1.165, 1.54) is 28.0 Å². The normalized spacial score (nSPS) is 13.8. The van der Waals surface area contributed by atoms with Crippen LogP contribution in [0, 0.1) is 0 Å². The van der Waals surface area contributed by atoms with Crippen molar-refractivity contribution in [3.05, 3.63) is 47.5 Å². The molecule has 1 N–H and O–H groups in total. The highest BCUT2D eigenvalue weighted by Gasteiger charge is 2.26. The summed E-state index contributed by atoms with van der Waals surface area (Å²) in [5.41, 5.74) is 1.55. The van der Waals surface area contributed by atoms with Crippen molar-refractivity contribution in [1.82, 2.24) is 4.98 Å². The van der Waals surface area contributed by atoms with E-state index in [0.717, 1.165) is 20.8 Å². The van der Waals surface area contributed by atoms with Crippen molar-refractivity contribution in [3.8, 4) is 0 Å². The average Bonchev–Trinajstić information content (AvgIpc) is 2.98. The van der Waals surface area contributed by atoms with Crippen molar-refractivity contribution in [2.75, 3.05) is 22.5 Å². The van der Waals surface area contributed by atoms with Gasteiger partial charge in [0.25, 0.3) is 0 Å². The Balaban J connectivity index is 1.52. The zero-order chi connectivity index (χ0) is 17.4.